The molecule has 6 heteroatoms. The fraction of sp³-hybridized carbons (Fsp3) is 0.500. The van der Waals surface area contributed by atoms with E-state index < -0.39 is 0 Å². The number of hydrogen-bond donors (Lipinski definition) is 2. The van der Waals surface area contributed by atoms with Crippen LogP contribution in [0.5, 0.6) is 0 Å². The predicted molar refractivity (Wildman–Crippen MR) is 97.3 cm³/mol. The molecule has 0 aliphatic rings. The van der Waals surface area contributed by atoms with Gasteiger partial charge in [-0.15, -0.1) is 22.7 Å². The van der Waals surface area contributed by atoms with Crippen molar-refractivity contribution < 1.29 is 0 Å². The normalized spacial score (nSPS) is 13.2. The molecule has 0 bridgehead atoms. The van der Waals surface area contributed by atoms with Crippen LogP contribution in [0.25, 0.3) is 0 Å². The van der Waals surface area contributed by atoms with Crippen molar-refractivity contribution in [3.63, 3.8) is 0 Å². The van der Waals surface area contributed by atoms with Gasteiger partial charge in [-0.3, -0.25) is 4.99 Å². The van der Waals surface area contributed by atoms with Crippen LogP contribution in [0.4, 0.5) is 0 Å². The van der Waals surface area contributed by atoms with Crippen LogP contribution in [0.15, 0.2) is 22.5 Å². The van der Waals surface area contributed by atoms with Gasteiger partial charge in [0.15, 0.2) is 5.96 Å². The maximum Gasteiger partial charge on any atom is 0.191 e. The molecule has 2 aromatic rings. The van der Waals surface area contributed by atoms with Crippen LogP contribution in [-0.2, 0) is 12.8 Å². The smallest absolute Gasteiger partial charge is 0.191 e. The van der Waals surface area contributed by atoms with Crippen molar-refractivity contribution in [3.05, 3.63) is 38.0 Å². The van der Waals surface area contributed by atoms with Crippen LogP contribution in [0.1, 0.15) is 27.4 Å². The average molecular weight is 337 g/mol. The summed E-state index contributed by atoms with van der Waals surface area (Å²) in [7, 11) is 1.81. The van der Waals surface area contributed by atoms with Gasteiger partial charge in [0.05, 0.1) is 10.7 Å². The Labute approximate surface area is 140 Å². The van der Waals surface area contributed by atoms with Crippen molar-refractivity contribution in [2.75, 3.05) is 13.6 Å². The zero-order valence-corrected chi connectivity index (χ0v) is 15.3. The highest BCUT2D eigenvalue weighted by molar-refractivity contribution is 7.11. The Morgan fingerprint density at radius 3 is 2.77 bits per heavy atom. The molecule has 0 aliphatic heterocycles. The van der Waals surface area contributed by atoms with Gasteiger partial charge in [-0.05, 0) is 32.9 Å². The summed E-state index contributed by atoms with van der Waals surface area (Å²) in [5.41, 5.74) is 1.15. The summed E-state index contributed by atoms with van der Waals surface area (Å²) >= 11 is 3.56. The molecule has 120 valence electrons. The topological polar surface area (TPSA) is 49.3 Å². The molecule has 4 nitrogen and oxygen atoms in total. The highest BCUT2D eigenvalue weighted by Crippen LogP contribution is 2.16. The quantitative estimate of drug-likeness (QED) is 0.629. The minimum atomic E-state index is 0.353. The molecule has 22 heavy (non-hydrogen) atoms. The zero-order chi connectivity index (χ0) is 15.9. The minimum Gasteiger partial charge on any atom is -0.356 e. The molecule has 0 amide bonds. The van der Waals surface area contributed by atoms with Crippen molar-refractivity contribution in [1.29, 1.82) is 0 Å². The van der Waals surface area contributed by atoms with Gasteiger partial charge in [0.2, 0.25) is 0 Å². The second-order valence-electron chi connectivity index (χ2n) is 5.37. The first-order chi connectivity index (χ1) is 10.6. The van der Waals surface area contributed by atoms with Crippen LogP contribution >= 0.6 is 22.7 Å². The Morgan fingerprint density at radius 1 is 1.36 bits per heavy atom. The van der Waals surface area contributed by atoms with Crippen LogP contribution in [0.2, 0.25) is 0 Å². The van der Waals surface area contributed by atoms with Crippen LogP contribution in [0.3, 0.4) is 0 Å². The monoisotopic (exact) mass is 336 g/mol. The summed E-state index contributed by atoms with van der Waals surface area (Å²) < 4.78 is 0. The van der Waals surface area contributed by atoms with Crippen LogP contribution in [-0.4, -0.2) is 30.6 Å². The fourth-order valence-corrected chi connectivity index (χ4v) is 3.87. The molecule has 2 N–H and O–H groups in total. The molecular weight excluding hydrogens is 312 g/mol. The maximum atomic E-state index is 4.47. The lowest BCUT2D eigenvalue weighted by Crippen LogP contribution is -2.43. The number of hydrogen-bond acceptors (Lipinski definition) is 4. The largest absolute Gasteiger partial charge is 0.356 e. The number of aryl methyl sites for hydroxylation is 2. The van der Waals surface area contributed by atoms with Crippen LogP contribution in [0, 0.1) is 13.8 Å². The molecule has 0 aromatic carbocycles. The van der Waals surface area contributed by atoms with Gasteiger partial charge in [0.1, 0.15) is 0 Å². The van der Waals surface area contributed by atoms with Crippen LogP contribution < -0.4 is 10.6 Å². The van der Waals surface area contributed by atoms with Gasteiger partial charge in [-0.1, -0.05) is 0 Å². The number of nitrogens with one attached hydrogen (secondary N) is 2. The van der Waals surface area contributed by atoms with Gasteiger partial charge in [0.25, 0.3) is 0 Å². The molecular formula is C16H24N4S2. The number of aromatic nitrogens is 1. The average Bonchev–Trinajstić information content (AvgIpc) is 3.06. The van der Waals surface area contributed by atoms with E-state index in [0.717, 1.165) is 36.0 Å². The minimum absolute atomic E-state index is 0.353. The first-order valence-electron chi connectivity index (χ1n) is 7.50. The Balaban J connectivity index is 1.74. The standard InChI is InChI=1S/C16H24N4S2/c1-11(9-15-6-5-12(2)22-15)19-16(17-4)18-8-7-14-10-21-13(3)20-14/h5-6,10-11H,7-9H2,1-4H3,(H2,17,18,19). The lowest BCUT2D eigenvalue weighted by Gasteiger charge is -2.17. The third-order valence-corrected chi connectivity index (χ3v) is 5.10. The van der Waals surface area contributed by atoms with E-state index in [2.05, 4.69) is 52.0 Å². The summed E-state index contributed by atoms with van der Waals surface area (Å²) in [6, 6.07) is 4.74. The van der Waals surface area contributed by atoms with Crippen molar-refractivity contribution in [1.82, 2.24) is 15.6 Å². The molecule has 0 radical (unpaired) electrons. The molecule has 2 rings (SSSR count). The summed E-state index contributed by atoms with van der Waals surface area (Å²) in [6.45, 7) is 7.21. The van der Waals surface area contributed by atoms with E-state index in [1.165, 1.54) is 9.75 Å². The molecule has 2 heterocycles. The van der Waals surface area contributed by atoms with Crippen molar-refractivity contribution >= 4 is 28.6 Å². The SMILES string of the molecule is CN=C(NCCc1csc(C)n1)NC(C)Cc1ccc(C)s1. The number of nitrogens with zero attached hydrogens (tertiary/aromatic N) is 2. The number of thiophene rings is 1. The molecule has 0 fully saturated rings. The van der Waals surface area contributed by atoms with Gasteiger partial charge in [0, 0.05) is 47.6 Å². The molecule has 0 saturated carbocycles. The Hall–Kier alpha value is -1.40. The van der Waals surface area contributed by atoms with E-state index >= 15 is 0 Å². The number of guanidine groups is 1. The molecule has 0 aliphatic carbocycles. The molecule has 2 aromatic heterocycles. The molecule has 1 unspecified atom stereocenters. The lowest BCUT2D eigenvalue weighted by atomic mass is 10.2. The van der Waals surface area contributed by atoms with E-state index in [1.54, 1.807) is 11.3 Å². The van der Waals surface area contributed by atoms with Crippen molar-refractivity contribution in [3.8, 4) is 0 Å². The molecule has 1 atom stereocenters. The maximum absolute atomic E-state index is 4.47. The first-order valence-corrected chi connectivity index (χ1v) is 9.20. The van der Waals surface area contributed by atoms with Gasteiger partial charge in [-0.2, -0.15) is 0 Å². The predicted octanol–water partition coefficient (Wildman–Crippen LogP) is 3.16. The van der Waals surface area contributed by atoms with Gasteiger partial charge < -0.3 is 10.6 Å². The fourth-order valence-electron chi connectivity index (χ4n) is 2.21. The summed E-state index contributed by atoms with van der Waals surface area (Å²) in [6.07, 6.45) is 1.94. The molecule has 0 saturated heterocycles. The number of thiazole rings is 1. The third-order valence-electron chi connectivity index (χ3n) is 3.25. The van der Waals surface area contributed by atoms with Gasteiger partial charge in [-0.25, -0.2) is 4.98 Å². The Bertz CT molecular complexity index is 615. The Kier molecular flexibility index (Phi) is 6.39. The second kappa shape index (κ2) is 8.29. The third kappa shape index (κ3) is 5.42. The number of aliphatic imine (C=N–C) groups is 1. The highest BCUT2D eigenvalue weighted by Gasteiger charge is 2.08. The highest BCUT2D eigenvalue weighted by atomic mass is 32.1. The Morgan fingerprint density at radius 2 is 2.18 bits per heavy atom. The summed E-state index contributed by atoms with van der Waals surface area (Å²) in [5.74, 6) is 0.854. The van der Waals surface area contributed by atoms with E-state index in [1.807, 2.05) is 25.3 Å². The van der Waals surface area contributed by atoms with E-state index in [0.29, 0.717) is 6.04 Å². The molecule has 0 spiro atoms. The zero-order valence-electron chi connectivity index (χ0n) is 13.6. The van der Waals surface area contributed by atoms with Crippen molar-refractivity contribution in [2.45, 2.75) is 39.7 Å². The lowest BCUT2D eigenvalue weighted by molar-refractivity contribution is 0.644. The first kappa shape index (κ1) is 17.0. The van der Waals surface area contributed by atoms with E-state index in [-0.39, 0.29) is 0 Å². The number of rotatable bonds is 6. The van der Waals surface area contributed by atoms with E-state index in [9.17, 15) is 0 Å². The van der Waals surface area contributed by atoms with Crippen molar-refractivity contribution in [2.24, 2.45) is 4.99 Å². The summed E-state index contributed by atoms with van der Waals surface area (Å²) in [5, 5.41) is 10.0. The van der Waals surface area contributed by atoms with E-state index in [4.69, 9.17) is 0 Å². The summed E-state index contributed by atoms with van der Waals surface area (Å²) in [4.78, 5) is 11.5. The second-order valence-corrected chi connectivity index (χ2v) is 7.80. The van der Waals surface area contributed by atoms with Gasteiger partial charge >= 0.3 is 0 Å².